The van der Waals surface area contributed by atoms with E-state index in [1.165, 1.54) is 0 Å². The van der Waals surface area contributed by atoms with Crippen LogP contribution >= 0.6 is 0 Å². The number of rotatable bonds is 0. The number of nitrogens with zero attached hydrogens (tertiary/aromatic N) is 1. The van der Waals surface area contributed by atoms with E-state index in [4.69, 9.17) is 10.2 Å². The SMILES string of the molecule is CN1CC[C@H](O)C1O. The molecule has 0 aromatic heterocycles. The maximum atomic E-state index is 8.94. The quantitative estimate of drug-likeness (QED) is 0.428. The van der Waals surface area contributed by atoms with Gasteiger partial charge in [-0.05, 0) is 13.5 Å². The number of aliphatic hydroxyl groups excluding tert-OH is 2. The molecule has 0 aromatic carbocycles. The van der Waals surface area contributed by atoms with Gasteiger partial charge < -0.3 is 10.2 Å². The topological polar surface area (TPSA) is 43.7 Å². The Labute approximate surface area is 48.5 Å². The van der Waals surface area contributed by atoms with E-state index in [9.17, 15) is 0 Å². The zero-order valence-electron chi connectivity index (χ0n) is 4.91. The Morgan fingerprint density at radius 2 is 2.12 bits per heavy atom. The average molecular weight is 117 g/mol. The molecule has 0 saturated carbocycles. The van der Waals surface area contributed by atoms with E-state index in [1.807, 2.05) is 0 Å². The lowest BCUT2D eigenvalue weighted by Crippen LogP contribution is -2.31. The fraction of sp³-hybridized carbons (Fsp3) is 1.00. The maximum absolute atomic E-state index is 8.94. The van der Waals surface area contributed by atoms with Gasteiger partial charge in [0.05, 0.1) is 6.10 Å². The van der Waals surface area contributed by atoms with Crippen LogP contribution in [0.25, 0.3) is 0 Å². The van der Waals surface area contributed by atoms with Crippen LogP contribution in [0.4, 0.5) is 0 Å². The zero-order valence-corrected chi connectivity index (χ0v) is 4.91. The van der Waals surface area contributed by atoms with E-state index < -0.39 is 12.3 Å². The van der Waals surface area contributed by atoms with Crippen molar-refractivity contribution in [2.75, 3.05) is 13.6 Å². The van der Waals surface area contributed by atoms with Crippen molar-refractivity contribution in [3.05, 3.63) is 0 Å². The molecule has 1 aliphatic heterocycles. The highest BCUT2D eigenvalue weighted by atomic mass is 16.3. The molecule has 3 heteroatoms. The van der Waals surface area contributed by atoms with Crippen molar-refractivity contribution >= 4 is 0 Å². The van der Waals surface area contributed by atoms with Gasteiger partial charge in [0.1, 0.15) is 6.23 Å². The van der Waals surface area contributed by atoms with Crippen molar-refractivity contribution in [3.63, 3.8) is 0 Å². The molecule has 48 valence electrons. The summed E-state index contributed by atoms with van der Waals surface area (Å²) in [5, 5.41) is 17.8. The van der Waals surface area contributed by atoms with Gasteiger partial charge in [-0.3, -0.25) is 4.90 Å². The van der Waals surface area contributed by atoms with Gasteiger partial charge in [-0.1, -0.05) is 0 Å². The fourth-order valence-corrected chi connectivity index (χ4v) is 0.911. The molecule has 1 saturated heterocycles. The lowest BCUT2D eigenvalue weighted by atomic mass is 10.3. The van der Waals surface area contributed by atoms with Crippen molar-refractivity contribution in [2.24, 2.45) is 0 Å². The van der Waals surface area contributed by atoms with Gasteiger partial charge in [0.25, 0.3) is 0 Å². The minimum absolute atomic E-state index is 0.528. The van der Waals surface area contributed by atoms with E-state index in [1.54, 1.807) is 11.9 Å². The van der Waals surface area contributed by atoms with Crippen molar-refractivity contribution in [2.45, 2.75) is 18.8 Å². The summed E-state index contributed by atoms with van der Waals surface area (Å²) < 4.78 is 0. The number of likely N-dealkylation sites (tertiary alicyclic amines) is 1. The molecule has 0 radical (unpaired) electrons. The molecule has 1 rings (SSSR count). The molecule has 0 bridgehead atoms. The molecule has 1 heterocycles. The first-order chi connectivity index (χ1) is 3.72. The highest BCUT2D eigenvalue weighted by molar-refractivity contribution is 4.75. The third-order valence-electron chi connectivity index (χ3n) is 1.57. The van der Waals surface area contributed by atoms with Crippen LogP contribution in [-0.4, -0.2) is 41.0 Å². The van der Waals surface area contributed by atoms with Crippen LogP contribution in [0.15, 0.2) is 0 Å². The fourth-order valence-electron chi connectivity index (χ4n) is 0.911. The highest BCUT2D eigenvalue weighted by Crippen LogP contribution is 2.11. The van der Waals surface area contributed by atoms with Crippen LogP contribution < -0.4 is 0 Å². The molecule has 1 fully saturated rings. The molecule has 2 N–H and O–H groups in total. The zero-order chi connectivity index (χ0) is 6.15. The first-order valence-electron chi connectivity index (χ1n) is 2.78. The third kappa shape index (κ3) is 0.844. The second-order valence-corrected chi connectivity index (χ2v) is 2.25. The molecule has 0 aliphatic carbocycles. The molecule has 8 heavy (non-hydrogen) atoms. The maximum Gasteiger partial charge on any atom is 0.133 e. The lowest BCUT2D eigenvalue weighted by molar-refractivity contribution is -0.0246. The molecular formula is C5H11NO2. The van der Waals surface area contributed by atoms with Crippen molar-refractivity contribution < 1.29 is 10.2 Å². The molecule has 3 nitrogen and oxygen atoms in total. The molecule has 2 atom stereocenters. The van der Waals surface area contributed by atoms with E-state index in [0.717, 1.165) is 6.54 Å². The van der Waals surface area contributed by atoms with E-state index >= 15 is 0 Å². The molecule has 0 aromatic rings. The molecule has 0 amide bonds. The van der Waals surface area contributed by atoms with Crippen LogP contribution in [0, 0.1) is 0 Å². The van der Waals surface area contributed by atoms with Gasteiger partial charge in [0, 0.05) is 6.54 Å². The Morgan fingerprint density at radius 1 is 1.50 bits per heavy atom. The smallest absolute Gasteiger partial charge is 0.133 e. The molecule has 1 unspecified atom stereocenters. The van der Waals surface area contributed by atoms with Crippen LogP contribution in [-0.2, 0) is 0 Å². The third-order valence-corrected chi connectivity index (χ3v) is 1.57. The molecular weight excluding hydrogens is 106 g/mol. The van der Waals surface area contributed by atoms with Gasteiger partial charge in [-0.15, -0.1) is 0 Å². The number of aliphatic hydroxyl groups is 2. The second kappa shape index (κ2) is 2.01. The van der Waals surface area contributed by atoms with Crippen molar-refractivity contribution in [1.82, 2.24) is 4.90 Å². The van der Waals surface area contributed by atoms with E-state index in [-0.39, 0.29) is 0 Å². The summed E-state index contributed by atoms with van der Waals surface area (Å²) in [6.45, 7) is 0.794. The summed E-state index contributed by atoms with van der Waals surface area (Å²) in [5.74, 6) is 0. The summed E-state index contributed by atoms with van der Waals surface area (Å²) in [4.78, 5) is 1.73. The predicted octanol–water partition coefficient (Wildman–Crippen LogP) is -0.999. The average Bonchev–Trinajstić information content (AvgIpc) is 1.98. The Hall–Kier alpha value is -0.120. The standard InChI is InChI=1S/C5H11NO2/c1-6-3-2-4(7)5(6)8/h4-5,7-8H,2-3H2,1H3/t4-,5?/m0/s1. The summed E-state index contributed by atoms with van der Waals surface area (Å²) in [7, 11) is 1.79. The minimum Gasteiger partial charge on any atom is -0.389 e. The second-order valence-electron chi connectivity index (χ2n) is 2.25. The Bertz CT molecular complexity index is 76.5. The van der Waals surface area contributed by atoms with Crippen molar-refractivity contribution in [1.29, 1.82) is 0 Å². The number of likely N-dealkylation sites (N-methyl/N-ethyl adjacent to an activating group) is 1. The molecule has 0 spiro atoms. The number of hydrogen-bond donors (Lipinski definition) is 2. The van der Waals surface area contributed by atoms with E-state index in [0.29, 0.717) is 6.42 Å². The largest absolute Gasteiger partial charge is 0.389 e. The Balaban J connectivity index is 2.44. The van der Waals surface area contributed by atoms with Gasteiger partial charge in [-0.25, -0.2) is 0 Å². The Kier molecular flexibility index (Phi) is 1.51. The van der Waals surface area contributed by atoms with Gasteiger partial charge >= 0.3 is 0 Å². The lowest BCUT2D eigenvalue weighted by Gasteiger charge is -2.14. The first-order valence-corrected chi connectivity index (χ1v) is 2.78. The van der Waals surface area contributed by atoms with Gasteiger partial charge in [-0.2, -0.15) is 0 Å². The summed E-state index contributed by atoms with van der Waals surface area (Å²) in [5.41, 5.74) is 0. The van der Waals surface area contributed by atoms with Crippen molar-refractivity contribution in [3.8, 4) is 0 Å². The summed E-state index contributed by atoms with van der Waals surface area (Å²) in [6, 6.07) is 0. The minimum atomic E-state index is -0.630. The van der Waals surface area contributed by atoms with Crippen LogP contribution in [0.1, 0.15) is 6.42 Å². The van der Waals surface area contributed by atoms with E-state index in [2.05, 4.69) is 0 Å². The molecule has 1 aliphatic rings. The number of hydrogen-bond acceptors (Lipinski definition) is 3. The van der Waals surface area contributed by atoms with Crippen LogP contribution in [0.2, 0.25) is 0 Å². The normalized spacial score (nSPS) is 40.9. The first kappa shape index (κ1) is 6.01. The Morgan fingerprint density at radius 3 is 2.25 bits per heavy atom. The van der Waals surface area contributed by atoms with Gasteiger partial charge in [0.15, 0.2) is 0 Å². The van der Waals surface area contributed by atoms with Crippen LogP contribution in [0.3, 0.4) is 0 Å². The monoisotopic (exact) mass is 117 g/mol. The van der Waals surface area contributed by atoms with Gasteiger partial charge in [0.2, 0.25) is 0 Å². The summed E-state index contributed by atoms with van der Waals surface area (Å²) >= 11 is 0. The highest BCUT2D eigenvalue weighted by Gasteiger charge is 2.27. The summed E-state index contributed by atoms with van der Waals surface area (Å²) in [6.07, 6.45) is -0.465. The van der Waals surface area contributed by atoms with Crippen LogP contribution in [0.5, 0.6) is 0 Å². The predicted molar refractivity (Wildman–Crippen MR) is 29.3 cm³/mol.